The highest BCUT2D eigenvalue weighted by atomic mass is 35.5. The third-order valence-corrected chi connectivity index (χ3v) is 5.87. The summed E-state index contributed by atoms with van der Waals surface area (Å²) in [4.78, 5) is 3.36. The Morgan fingerprint density at radius 3 is 2.40 bits per heavy atom. The molecule has 2 heterocycles. The van der Waals surface area contributed by atoms with Crippen molar-refractivity contribution in [1.82, 2.24) is 0 Å². The Bertz CT molecular complexity index is 728. The van der Waals surface area contributed by atoms with E-state index in [-0.39, 0.29) is 6.17 Å². The summed E-state index contributed by atoms with van der Waals surface area (Å²) in [5.41, 5.74) is 3.10. The fraction of sp³-hybridized carbons (Fsp3) is 0.421. The van der Waals surface area contributed by atoms with Crippen molar-refractivity contribution in [1.29, 1.82) is 0 Å². The van der Waals surface area contributed by atoms with Crippen LogP contribution in [0.25, 0.3) is 0 Å². The van der Waals surface area contributed by atoms with Crippen LogP contribution in [0.3, 0.4) is 0 Å². The van der Waals surface area contributed by atoms with Crippen LogP contribution < -0.4 is 20.9 Å². The fourth-order valence-electron chi connectivity index (χ4n) is 3.77. The lowest BCUT2D eigenvalue weighted by Crippen LogP contribution is -2.25. The minimum absolute atomic E-state index is 0.0177. The lowest BCUT2D eigenvalue weighted by molar-refractivity contribution is -0.361. The van der Waals surface area contributed by atoms with E-state index in [0.717, 1.165) is 35.2 Å². The summed E-state index contributed by atoms with van der Waals surface area (Å²) in [6.45, 7) is 1.02. The summed E-state index contributed by atoms with van der Waals surface area (Å²) >= 11 is 12.3. The van der Waals surface area contributed by atoms with Gasteiger partial charge in [-0.25, -0.2) is 4.98 Å². The van der Waals surface area contributed by atoms with Gasteiger partial charge in [0.15, 0.2) is 0 Å². The van der Waals surface area contributed by atoms with Gasteiger partial charge < -0.3 is 10.6 Å². The van der Waals surface area contributed by atoms with Gasteiger partial charge in [-0.05, 0) is 43.0 Å². The normalized spacial score (nSPS) is 17.7. The molecule has 4 rings (SSSR count). The second-order valence-electron chi connectivity index (χ2n) is 6.92. The van der Waals surface area contributed by atoms with E-state index >= 15 is 0 Å². The number of hydrogen-bond donors (Lipinski definition) is 3. The van der Waals surface area contributed by atoms with Crippen LogP contribution in [0, 0.1) is 5.92 Å². The fourth-order valence-corrected chi connectivity index (χ4v) is 4.10. The van der Waals surface area contributed by atoms with E-state index in [1.807, 2.05) is 24.4 Å². The van der Waals surface area contributed by atoms with Crippen molar-refractivity contribution in [2.45, 2.75) is 38.3 Å². The summed E-state index contributed by atoms with van der Waals surface area (Å²) < 4.78 is 0. The SMILES string of the molecule is Clc1cc2c(cc1Cl)NC(c1ccc[nH+]c1NCC1CCCCC1)N2. The standard InChI is InChI=1S/C19H22Cl2N4/c20-14-9-16-17(10-15(14)21)25-19(24-16)13-7-4-8-22-18(13)23-11-12-5-2-1-3-6-12/h4,7-10,12,19,24-25H,1-3,5-6,11H2,(H,22,23)/p+1. The van der Waals surface area contributed by atoms with Crippen molar-refractivity contribution in [2.24, 2.45) is 5.92 Å². The number of aromatic amines is 1. The lowest BCUT2D eigenvalue weighted by Gasteiger charge is -2.20. The van der Waals surface area contributed by atoms with E-state index in [1.54, 1.807) is 0 Å². The first-order chi connectivity index (χ1) is 12.2. The van der Waals surface area contributed by atoms with Crippen molar-refractivity contribution in [3.05, 3.63) is 46.1 Å². The predicted octanol–water partition coefficient (Wildman–Crippen LogP) is 5.34. The highest BCUT2D eigenvalue weighted by Gasteiger charge is 2.27. The van der Waals surface area contributed by atoms with Gasteiger partial charge in [0, 0.05) is 0 Å². The number of pyridine rings is 1. The molecular formula is C19H23Cl2N4+. The molecule has 0 atom stereocenters. The minimum atomic E-state index is -0.0177. The molecule has 25 heavy (non-hydrogen) atoms. The average Bonchev–Trinajstić information content (AvgIpc) is 3.04. The van der Waals surface area contributed by atoms with Crippen LogP contribution in [0.15, 0.2) is 30.5 Å². The van der Waals surface area contributed by atoms with Crippen LogP contribution in [0.2, 0.25) is 10.0 Å². The summed E-state index contributed by atoms with van der Waals surface area (Å²) in [6.07, 6.45) is 8.72. The zero-order valence-electron chi connectivity index (χ0n) is 14.0. The van der Waals surface area contributed by atoms with Crippen molar-refractivity contribution in [3.63, 3.8) is 0 Å². The first-order valence-electron chi connectivity index (χ1n) is 8.97. The van der Waals surface area contributed by atoms with E-state index in [2.05, 4.69) is 27.0 Å². The molecule has 1 aliphatic carbocycles. The second-order valence-corrected chi connectivity index (χ2v) is 7.73. The van der Waals surface area contributed by atoms with Gasteiger partial charge in [0.05, 0.1) is 39.7 Å². The predicted molar refractivity (Wildman–Crippen MR) is 105 cm³/mol. The molecule has 4 nitrogen and oxygen atoms in total. The number of H-pyrrole nitrogens is 1. The van der Waals surface area contributed by atoms with Crippen molar-refractivity contribution < 1.29 is 4.98 Å². The Morgan fingerprint density at radius 1 is 1.04 bits per heavy atom. The van der Waals surface area contributed by atoms with Crippen molar-refractivity contribution >= 4 is 40.4 Å². The maximum atomic E-state index is 6.13. The van der Waals surface area contributed by atoms with Gasteiger partial charge in [0.25, 0.3) is 5.82 Å². The maximum absolute atomic E-state index is 6.13. The molecule has 2 aliphatic rings. The average molecular weight is 378 g/mol. The Kier molecular flexibility index (Phi) is 4.91. The zero-order chi connectivity index (χ0) is 17.2. The molecule has 132 valence electrons. The van der Waals surface area contributed by atoms with E-state index < -0.39 is 0 Å². The maximum Gasteiger partial charge on any atom is 0.279 e. The summed E-state index contributed by atoms with van der Waals surface area (Å²) in [6, 6.07) is 7.88. The number of aromatic nitrogens is 1. The Balaban J connectivity index is 1.49. The molecule has 1 aromatic heterocycles. The molecule has 2 aromatic rings. The number of hydrogen-bond acceptors (Lipinski definition) is 3. The Labute approximate surface area is 158 Å². The van der Waals surface area contributed by atoms with Gasteiger partial charge >= 0.3 is 0 Å². The van der Waals surface area contributed by atoms with Crippen LogP contribution in [-0.2, 0) is 0 Å². The first kappa shape index (κ1) is 16.8. The van der Waals surface area contributed by atoms with Gasteiger partial charge in [-0.15, -0.1) is 0 Å². The van der Waals surface area contributed by atoms with E-state index in [1.165, 1.54) is 32.1 Å². The monoisotopic (exact) mass is 377 g/mol. The summed E-state index contributed by atoms with van der Waals surface area (Å²) in [7, 11) is 0. The molecule has 1 saturated carbocycles. The van der Waals surface area contributed by atoms with Gasteiger partial charge in [0.2, 0.25) is 0 Å². The molecule has 6 heteroatoms. The number of benzene rings is 1. The molecule has 0 amide bonds. The molecule has 1 aromatic carbocycles. The van der Waals surface area contributed by atoms with Crippen LogP contribution >= 0.6 is 23.2 Å². The van der Waals surface area contributed by atoms with Crippen molar-refractivity contribution in [3.8, 4) is 0 Å². The van der Waals surface area contributed by atoms with E-state index in [4.69, 9.17) is 23.2 Å². The van der Waals surface area contributed by atoms with E-state index in [9.17, 15) is 0 Å². The molecule has 0 bridgehead atoms. The molecular weight excluding hydrogens is 355 g/mol. The molecule has 0 unspecified atom stereocenters. The quantitative estimate of drug-likeness (QED) is 0.674. The molecule has 4 N–H and O–H groups in total. The van der Waals surface area contributed by atoms with Crippen LogP contribution in [0.4, 0.5) is 17.2 Å². The molecule has 0 saturated heterocycles. The minimum Gasteiger partial charge on any atom is -0.360 e. The molecule has 1 fully saturated rings. The lowest BCUT2D eigenvalue weighted by atomic mass is 9.89. The number of nitrogens with one attached hydrogen (secondary N) is 4. The van der Waals surface area contributed by atoms with Crippen LogP contribution in [0.1, 0.15) is 43.8 Å². The highest BCUT2D eigenvalue weighted by molar-refractivity contribution is 6.42. The number of fused-ring (bicyclic) bond motifs is 1. The number of halogens is 2. The zero-order valence-corrected chi connectivity index (χ0v) is 15.6. The van der Waals surface area contributed by atoms with Gasteiger partial charge in [-0.1, -0.05) is 42.5 Å². The van der Waals surface area contributed by atoms with Crippen molar-refractivity contribution in [2.75, 3.05) is 22.5 Å². The largest absolute Gasteiger partial charge is 0.360 e. The number of anilines is 3. The van der Waals surface area contributed by atoms with Gasteiger partial charge in [-0.2, -0.15) is 0 Å². The number of rotatable bonds is 4. The molecule has 0 radical (unpaired) electrons. The summed E-state index contributed by atoms with van der Waals surface area (Å²) in [5, 5.41) is 11.7. The smallest absolute Gasteiger partial charge is 0.279 e. The third-order valence-electron chi connectivity index (χ3n) is 5.15. The topological polar surface area (TPSA) is 50.2 Å². The second kappa shape index (κ2) is 7.30. The van der Waals surface area contributed by atoms with Crippen LogP contribution in [-0.4, -0.2) is 6.54 Å². The molecule has 1 aliphatic heterocycles. The van der Waals surface area contributed by atoms with Gasteiger partial charge in [-0.3, -0.25) is 5.32 Å². The Morgan fingerprint density at radius 2 is 1.72 bits per heavy atom. The summed E-state index contributed by atoms with van der Waals surface area (Å²) in [5.74, 6) is 1.83. The highest BCUT2D eigenvalue weighted by Crippen LogP contribution is 2.41. The third kappa shape index (κ3) is 3.65. The van der Waals surface area contributed by atoms with Gasteiger partial charge in [0.1, 0.15) is 6.17 Å². The first-order valence-corrected chi connectivity index (χ1v) is 9.73. The van der Waals surface area contributed by atoms with E-state index in [0.29, 0.717) is 10.0 Å². The molecule has 0 spiro atoms. The van der Waals surface area contributed by atoms with Crippen LogP contribution in [0.5, 0.6) is 0 Å². The Hall–Kier alpha value is -1.65.